The molecular weight excluding hydrogens is 408 g/mol. The minimum Gasteiger partial charge on any atom is -0.496 e. The number of benzene rings is 2. The fourth-order valence-corrected chi connectivity index (χ4v) is 3.63. The smallest absolute Gasteiger partial charge is 0.230 e. The number of carbonyl (C=O) groups excluding carboxylic acids is 1. The van der Waals surface area contributed by atoms with Crippen molar-refractivity contribution < 1.29 is 9.53 Å². The minimum absolute atomic E-state index is 0.0335. The van der Waals surface area contributed by atoms with Crippen molar-refractivity contribution in [1.29, 1.82) is 0 Å². The predicted molar refractivity (Wildman–Crippen MR) is 117 cm³/mol. The Morgan fingerprint density at radius 3 is 2.62 bits per heavy atom. The second-order valence-corrected chi connectivity index (χ2v) is 7.86. The van der Waals surface area contributed by atoms with Crippen LogP contribution in [0.5, 0.6) is 5.75 Å². The van der Waals surface area contributed by atoms with E-state index in [1.54, 1.807) is 7.11 Å². The van der Waals surface area contributed by atoms with Crippen molar-refractivity contribution in [2.45, 2.75) is 31.5 Å². The molecule has 0 aliphatic heterocycles. The molecule has 152 valence electrons. The maximum atomic E-state index is 12.2. The quantitative estimate of drug-likeness (QED) is 0.529. The fourth-order valence-electron chi connectivity index (χ4n) is 2.74. The van der Waals surface area contributed by atoms with Crippen LogP contribution in [-0.4, -0.2) is 39.6 Å². The molecule has 1 N–H and O–H groups in total. The highest BCUT2D eigenvalue weighted by Gasteiger charge is 2.20. The first-order valence-electron chi connectivity index (χ1n) is 9.30. The molecule has 0 saturated heterocycles. The first kappa shape index (κ1) is 21.2. The van der Waals surface area contributed by atoms with E-state index in [1.165, 1.54) is 11.8 Å². The number of aromatic nitrogens is 3. The van der Waals surface area contributed by atoms with Gasteiger partial charge in [0.25, 0.3) is 0 Å². The molecule has 0 fully saturated rings. The van der Waals surface area contributed by atoms with Crippen molar-refractivity contribution in [3.8, 4) is 22.8 Å². The molecule has 29 heavy (non-hydrogen) atoms. The summed E-state index contributed by atoms with van der Waals surface area (Å²) in [5.74, 6) is 1.55. The minimum atomic E-state index is -0.0335. The number of hydrogen-bond donors (Lipinski definition) is 1. The largest absolute Gasteiger partial charge is 0.496 e. The zero-order chi connectivity index (χ0) is 20.8. The topological polar surface area (TPSA) is 69.0 Å². The van der Waals surface area contributed by atoms with Crippen molar-refractivity contribution in [2.24, 2.45) is 0 Å². The lowest BCUT2D eigenvalue weighted by Crippen LogP contribution is -2.33. The summed E-state index contributed by atoms with van der Waals surface area (Å²) in [6.45, 7) is 4.02. The number of halogens is 1. The van der Waals surface area contributed by atoms with Crippen LogP contribution < -0.4 is 10.1 Å². The Morgan fingerprint density at radius 1 is 1.21 bits per heavy atom. The van der Waals surface area contributed by atoms with Gasteiger partial charge in [0.05, 0.1) is 18.4 Å². The number of methoxy groups -OCH3 is 1. The van der Waals surface area contributed by atoms with Crippen molar-refractivity contribution in [3.05, 3.63) is 53.6 Å². The summed E-state index contributed by atoms with van der Waals surface area (Å²) in [7, 11) is 1.62. The molecule has 3 rings (SSSR count). The maximum Gasteiger partial charge on any atom is 0.230 e. The predicted octanol–water partition coefficient (Wildman–Crippen LogP) is 4.60. The number of rotatable bonds is 8. The molecule has 1 aromatic heterocycles. The summed E-state index contributed by atoms with van der Waals surface area (Å²) in [4.78, 5) is 12.2. The maximum absolute atomic E-state index is 12.2. The van der Waals surface area contributed by atoms with Gasteiger partial charge in [0.2, 0.25) is 5.91 Å². The highest BCUT2D eigenvalue weighted by atomic mass is 35.5. The van der Waals surface area contributed by atoms with Crippen molar-refractivity contribution in [3.63, 3.8) is 0 Å². The zero-order valence-corrected chi connectivity index (χ0v) is 18.1. The third kappa shape index (κ3) is 5.10. The van der Waals surface area contributed by atoms with Gasteiger partial charge >= 0.3 is 0 Å². The van der Waals surface area contributed by atoms with Crippen molar-refractivity contribution >= 4 is 29.3 Å². The van der Waals surface area contributed by atoms with Gasteiger partial charge in [0.15, 0.2) is 11.0 Å². The van der Waals surface area contributed by atoms with E-state index in [2.05, 4.69) is 15.5 Å². The Hall–Kier alpha value is -2.51. The zero-order valence-electron chi connectivity index (χ0n) is 16.6. The molecule has 0 radical (unpaired) electrons. The van der Waals surface area contributed by atoms with E-state index in [0.29, 0.717) is 21.8 Å². The van der Waals surface area contributed by atoms with Crippen LogP contribution in [0.25, 0.3) is 17.1 Å². The van der Waals surface area contributed by atoms with Gasteiger partial charge < -0.3 is 10.1 Å². The highest BCUT2D eigenvalue weighted by molar-refractivity contribution is 7.99. The van der Waals surface area contributed by atoms with Crippen LogP contribution in [0.3, 0.4) is 0 Å². The molecule has 8 heteroatoms. The van der Waals surface area contributed by atoms with Crippen LogP contribution in [0.4, 0.5) is 0 Å². The molecule has 1 heterocycles. The van der Waals surface area contributed by atoms with E-state index in [1.807, 2.05) is 66.9 Å². The molecule has 1 amide bonds. The molecule has 0 bridgehead atoms. The second kappa shape index (κ2) is 9.80. The Morgan fingerprint density at radius 2 is 1.93 bits per heavy atom. The monoisotopic (exact) mass is 430 g/mol. The van der Waals surface area contributed by atoms with E-state index in [9.17, 15) is 4.79 Å². The average molecular weight is 431 g/mol. The number of amides is 1. The number of nitrogens with zero attached hydrogens (tertiary/aromatic N) is 3. The molecule has 0 aliphatic carbocycles. The SMILES string of the molecule is CCC(C)NC(=O)CSc1nnc(-c2ccccc2OC)n1-c1ccc(Cl)cc1. The van der Waals surface area contributed by atoms with Gasteiger partial charge in [-0.1, -0.05) is 42.4 Å². The van der Waals surface area contributed by atoms with Gasteiger partial charge in [0, 0.05) is 16.8 Å². The van der Waals surface area contributed by atoms with Crippen molar-refractivity contribution in [1.82, 2.24) is 20.1 Å². The molecule has 6 nitrogen and oxygen atoms in total. The summed E-state index contributed by atoms with van der Waals surface area (Å²) in [5, 5.41) is 13.0. The van der Waals surface area contributed by atoms with Crippen LogP contribution in [0.15, 0.2) is 53.7 Å². The first-order valence-corrected chi connectivity index (χ1v) is 10.7. The lowest BCUT2D eigenvalue weighted by Gasteiger charge is -2.13. The van der Waals surface area contributed by atoms with E-state index >= 15 is 0 Å². The van der Waals surface area contributed by atoms with Gasteiger partial charge in [-0.3, -0.25) is 9.36 Å². The molecular formula is C21H23ClN4O2S. The van der Waals surface area contributed by atoms with Crippen LogP contribution in [0.2, 0.25) is 5.02 Å². The molecule has 0 aliphatic rings. The van der Waals surface area contributed by atoms with Crippen LogP contribution in [-0.2, 0) is 4.79 Å². The number of para-hydroxylation sites is 1. The highest BCUT2D eigenvalue weighted by Crippen LogP contribution is 2.33. The molecule has 0 spiro atoms. The van der Waals surface area contributed by atoms with Gasteiger partial charge in [0.1, 0.15) is 5.75 Å². The molecule has 1 atom stereocenters. The Kier molecular flexibility index (Phi) is 7.17. The molecule has 2 aromatic carbocycles. The van der Waals surface area contributed by atoms with E-state index in [4.69, 9.17) is 16.3 Å². The van der Waals surface area contributed by atoms with Gasteiger partial charge in [-0.25, -0.2) is 0 Å². The van der Waals surface area contributed by atoms with Crippen molar-refractivity contribution in [2.75, 3.05) is 12.9 Å². The van der Waals surface area contributed by atoms with Gasteiger partial charge in [-0.05, 0) is 49.7 Å². The van der Waals surface area contributed by atoms with Gasteiger partial charge in [-0.2, -0.15) is 0 Å². The van der Waals surface area contributed by atoms with Crippen LogP contribution in [0.1, 0.15) is 20.3 Å². The lowest BCUT2D eigenvalue weighted by molar-refractivity contribution is -0.119. The number of ether oxygens (including phenoxy) is 1. The molecule has 3 aromatic rings. The van der Waals surface area contributed by atoms with Crippen LogP contribution >= 0.6 is 23.4 Å². The van der Waals surface area contributed by atoms with E-state index in [-0.39, 0.29) is 17.7 Å². The summed E-state index contributed by atoms with van der Waals surface area (Å²) >= 11 is 7.40. The third-order valence-electron chi connectivity index (χ3n) is 4.42. The summed E-state index contributed by atoms with van der Waals surface area (Å²) in [5.41, 5.74) is 1.67. The lowest BCUT2D eigenvalue weighted by atomic mass is 10.2. The van der Waals surface area contributed by atoms with Gasteiger partial charge in [-0.15, -0.1) is 10.2 Å². The second-order valence-electron chi connectivity index (χ2n) is 6.48. The number of thioether (sulfide) groups is 1. The van der Waals surface area contributed by atoms with E-state index in [0.717, 1.165) is 17.7 Å². The normalized spacial score (nSPS) is 11.9. The average Bonchev–Trinajstić information content (AvgIpc) is 3.16. The third-order valence-corrected chi connectivity index (χ3v) is 5.60. The molecule has 1 unspecified atom stereocenters. The number of nitrogens with one attached hydrogen (secondary N) is 1. The Balaban J connectivity index is 1.98. The summed E-state index contributed by atoms with van der Waals surface area (Å²) in [6.07, 6.45) is 0.884. The standard InChI is InChI=1S/C21H23ClN4O2S/c1-4-14(2)23-19(27)13-29-21-25-24-20(17-7-5-6-8-18(17)28-3)26(21)16-11-9-15(22)10-12-16/h5-12,14H,4,13H2,1-3H3,(H,23,27). The fraction of sp³-hybridized carbons (Fsp3) is 0.286. The summed E-state index contributed by atoms with van der Waals surface area (Å²) < 4.78 is 7.41. The Labute approximate surface area is 179 Å². The Bertz CT molecular complexity index is 975. The summed E-state index contributed by atoms with van der Waals surface area (Å²) in [6, 6.07) is 15.2. The van der Waals surface area contributed by atoms with E-state index < -0.39 is 0 Å². The number of carbonyl (C=O) groups is 1. The molecule has 0 saturated carbocycles. The number of hydrogen-bond acceptors (Lipinski definition) is 5. The first-order chi connectivity index (χ1) is 14.0. The van der Waals surface area contributed by atoms with Crippen LogP contribution in [0, 0.1) is 0 Å².